The van der Waals surface area contributed by atoms with Crippen molar-refractivity contribution >= 4 is 5.91 Å². The zero-order valence-corrected chi connectivity index (χ0v) is 17.3. The third-order valence-electron chi connectivity index (χ3n) is 5.16. The molecule has 0 aliphatic heterocycles. The molecule has 0 saturated heterocycles. The summed E-state index contributed by atoms with van der Waals surface area (Å²) in [5.41, 5.74) is 4.73. The third kappa shape index (κ3) is 4.17. The molecule has 1 amide bonds. The highest BCUT2D eigenvalue weighted by molar-refractivity contribution is 5.97. The molecule has 0 aliphatic carbocycles. The lowest BCUT2D eigenvalue weighted by atomic mass is 10.1. The Kier molecular flexibility index (Phi) is 5.75. The van der Waals surface area contributed by atoms with Crippen LogP contribution in [-0.4, -0.2) is 44.0 Å². The van der Waals surface area contributed by atoms with E-state index in [0.717, 1.165) is 35.5 Å². The summed E-state index contributed by atoms with van der Waals surface area (Å²) in [7, 11) is 3.81. The molecule has 2 aromatic carbocycles. The lowest BCUT2D eigenvalue weighted by molar-refractivity contribution is 0.0793. The number of aryl methyl sites for hydroxylation is 2. The van der Waals surface area contributed by atoms with Crippen molar-refractivity contribution in [3.8, 4) is 16.9 Å². The molecular weight excluding hydrogens is 374 g/mol. The van der Waals surface area contributed by atoms with Crippen LogP contribution in [0.1, 0.15) is 22.5 Å². The van der Waals surface area contributed by atoms with Crippen molar-refractivity contribution in [3.05, 3.63) is 90.4 Å². The lowest BCUT2D eigenvalue weighted by Gasteiger charge is -2.18. The summed E-state index contributed by atoms with van der Waals surface area (Å²) in [6.45, 7) is 0.656. The van der Waals surface area contributed by atoms with Gasteiger partial charge >= 0.3 is 0 Å². The second kappa shape index (κ2) is 8.78. The van der Waals surface area contributed by atoms with Gasteiger partial charge in [-0.3, -0.25) is 9.48 Å². The number of carbonyl (C=O) groups is 1. The molecule has 2 heterocycles. The van der Waals surface area contributed by atoms with Crippen LogP contribution in [0.2, 0.25) is 0 Å². The minimum atomic E-state index is -0.00732. The van der Waals surface area contributed by atoms with E-state index in [9.17, 15) is 4.79 Å². The first-order valence-electron chi connectivity index (χ1n) is 10.1. The van der Waals surface area contributed by atoms with E-state index in [0.29, 0.717) is 12.1 Å². The minimum absolute atomic E-state index is 0.00732. The number of amides is 1. The summed E-state index contributed by atoms with van der Waals surface area (Å²) in [6, 6.07) is 21.8. The fourth-order valence-electron chi connectivity index (χ4n) is 3.60. The molecule has 0 radical (unpaired) electrons. The topological polar surface area (TPSA) is 56.0 Å². The molecule has 152 valence electrons. The van der Waals surface area contributed by atoms with Crippen molar-refractivity contribution < 1.29 is 4.79 Å². The van der Waals surface area contributed by atoms with Gasteiger partial charge in [0, 0.05) is 33.0 Å². The van der Waals surface area contributed by atoms with Crippen LogP contribution >= 0.6 is 0 Å². The molecule has 0 saturated carbocycles. The minimum Gasteiger partial charge on any atom is -0.342 e. The SMILES string of the molecule is CN(CCCc1cc(-c2ccccc2)n(C)n1)C(=O)c1ccccc1-n1cccn1. The number of para-hydroxylation sites is 1. The van der Waals surface area contributed by atoms with E-state index in [1.54, 1.807) is 15.8 Å². The van der Waals surface area contributed by atoms with Crippen molar-refractivity contribution in [2.24, 2.45) is 7.05 Å². The predicted molar refractivity (Wildman–Crippen MR) is 117 cm³/mol. The van der Waals surface area contributed by atoms with Gasteiger partial charge in [0.15, 0.2) is 0 Å². The number of benzene rings is 2. The monoisotopic (exact) mass is 399 g/mol. The van der Waals surface area contributed by atoms with Gasteiger partial charge in [0.2, 0.25) is 0 Å². The summed E-state index contributed by atoms with van der Waals surface area (Å²) >= 11 is 0. The number of hydrogen-bond acceptors (Lipinski definition) is 3. The van der Waals surface area contributed by atoms with E-state index in [4.69, 9.17) is 0 Å². The summed E-state index contributed by atoms with van der Waals surface area (Å²) in [4.78, 5) is 14.8. The van der Waals surface area contributed by atoms with E-state index in [-0.39, 0.29) is 5.91 Å². The first-order chi connectivity index (χ1) is 14.6. The molecule has 4 aromatic rings. The van der Waals surface area contributed by atoms with Gasteiger partial charge in [0.1, 0.15) is 0 Å². The highest BCUT2D eigenvalue weighted by Crippen LogP contribution is 2.20. The van der Waals surface area contributed by atoms with Gasteiger partial charge in [-0.2, -0.15) is 10.2 Å². The van der Waals surface area contributed by atoms with E-state index in [1.165, 1.54) is 0 Å². The van der Waals surface area contributed by atoms with Crippen LogP contribution < -0.4 is 0 Å². The van der Waals surface area contributed by atoms with Crippen molar-refractivity contribution in [1.29, 1.82) is 0 Å². The molecule has 2 aromatic heterocycles. The summed E-state index contributed by atoms with van der Waals surface area (Å²) < 4.78 is 3.64. The highest BCUT2D eigenvalue weighted by Gasteiger charge is 2.17. The molecular formula is C24H25N5O. The first-order valence-corrected chi connectivity index (χ1v) is 10.1. The van der Waals surface area contributed by atoms with Crippen LogP contribution in [0.25, 0.3) is 16.9 Å². The molecule has 4 rings (SSSR count). The lowest BCUT2D eigenvalue weighted by Crippen LogP contribution is -2.29. The van der Waals surface area contributed by atoms with Crippen LogP contribution in [0, 0.1) is 0 Å². The quantitative estimate of drug-likeness (QED) is 0.472. The van der Waals surface area contributed by atoms with E-state index < -0.39 is 0 Å². The maximum absolute atomic E-state index is 13.0. The van der Waals surface area contributed by atoms with Gasteiger partial charge < -0.3 is 4.90 Å². The van der Waals surface area contributed by atoms with E-state index in [2.05, 4.69) is 28.4 Å². The molecule has 6 nitrogen and oxygen atoms in total. The molecule has 0 aliphatic rings. The van der Waals surface area contributed by atoms with Crippen LogP contribution in [0.4, 0.5) is 0 Å². The smallest absolute Gasteiger partial charge is 0.255 e. The van der Waals surface area contributed by atoms with Gasteiger partial charge in [0.25, 0.3) is 5.91 Å². The average Bonchev–Trinajstić information content (AvgIpc) is 3.44. The van der Waals surface area contributed by atoms with Crippen molar-refractivity contribution in [3.63, 3.8) is 0 Å². The molecule has 0 N–H and O–H groups in total. The van der Waals surface area contributed by atoms with E-state index in [1.807, 2.05) is 73.5 Å². The Morgan fingerprint density at radius 2 is 1.80 bits per heavy atom. The Labute approximate surface area is 176 Å². The molecule has 30 heavy (non-hydrogen) atoms. The van der Waals surface area contributed by atoms with Crippen molar-refractivity contribution in [2.45, 2.75) is 12.8 Å². The largest absolute Gasteiger partial charge is 0.342 e. The van der Waals surface area contributed by atoms with E-state index >= 15 is 0 Å². The number of aromatic nitrogens is 4. The molecule has 0 fully saturated rings. The zero-order valence-electron chi connectivity index (χ0n) is 17.3. The summed E-state index contributed by atoms with van der Waals surface area (Å²) in [6.07, 6.45) is 5.22. The maximum atomic E-state index is 13.0. The van der Waals surface area contributed by atoms with Gasteiger partial charge in [-0.25, -0.2) is 4.68 Å². The molecule has 0 bridgehead atoms. The fourth-order valence-corrected chi connectivity index (χ4v) is 3.60. The Hall–Kier alpha value is -3.67. The number of nitrogens with zero attached hydrogens (tertiary/aromatic N) is 5. The van der Waals surface area contributed by atoms with Crippen molar-refractivity contribution in [2.75, 3.05) is 13.6 Å². The zero-order chi connectivity index (χ0) is 20.9. The normalized spacial score (nSPS) is 10.9. The van der Waals surface area contributed by atoms with Gasteiger partial charge in [0.05, 0.1) is 22.6 Å². The Morgan fingerprint density at radius 1 is 1.03 bits per heavy atom. The van der Waals surface area contributed by atoms with Crippen LogP contribution in [-0.2, 0) is 13.5 Å². The average molecular weight is 399 g/mol. The number of rotatable bonds is 7. The Bertz CT molecular complexity index is 1120. The standard InChI is InChI=1S/C24H25N5O/c1-27(24(30)21-13-6-7-14-22(21)29-17-9-15-25-29)16-8-12-20-18-23(28(2)26-20)19-10-4-3-5-11-19/h3-7,9-11,13-15,17-18H,8,12,16H2,1-2H3. The second-order valence-corrected chi connectivity index (χ2v) is 7.31. The fraction of sp³-hybridized carbons (Fsp3) is 0.208. The number of hydrogen-bond donors (Lipinski definition) is 0. The highest BCUT2D eigenvalue weighted by atomic mass is 16.2. The van der Waals surface area contributed by atoms with Gasteiger partial charge in [-0.05, 0) is 42.7 Å². The van der Waals surface area contributed by atoms with Crippen LogP contribution in [0.15, 0.2) is 79.1 Å². The maximum Gasteiger partial charge on any atom is 0.255 e. The van der Waals surface area contributed by atoms with Gasteiger partial charge in [-0.15, -0.1) is 0 Å². The molecule has 0 unspecified atom stereocenters. The molecule has 6 heteroatoms. The second-order valence-electron chi connectivity index (χ2n) is 7.31. The number of carbonyl (C=O) groups excluding carboxylic acids is 1. The van der Waals surface area contributed by atoms with Gasteiger partial charge in [-0.1, -0.05) is 42.5 Å². The Balaban J connectivity index is 1.39. The van der Waals surface area contributed by atoms with Crippen LogP contribution in [0.5, 0.6) is 0 Å². The third-order valence-corrected chi connectivity index (χ3v) is 5.16. The Morgan fingerprint density at radius 3 is 2.57 bits per heavy atom. The van der Waals surface area contributed by atoms with Crippen LogP contribution in [0.3, 0.4) is 0 Å². The molecule has 0 spiro atoms. The predicted octanol–water partition coefficient (Wildman–Crippen LogP) is 3.98. The van der Waals surface area contributed by atoms with Crippen molar-refractivity contribution in [1.82, 2.24) is 24.5 Å². The summed E-state index contributed by atoms with van der Waals surface area (Å²) in [5, 5.41) is 8.90. The summed E-state index contributed by atoms with van der Waals surface area (Å²) in [5.74, 6) is -0.00732. The first kappa shape index (κ1) is 19.6. The molecule has 0 atom stereocenters.